The molecular formula is C26H28ClN3O. The lowest BCUT2D eigenvalue weighted by Gasteiger charge is -2.37. The second-order valence-corrected chi connectivity index (χ2v) is 8.46. The monoisotopic (exact) mass is 433 g/mol. The third kappa shape index (κ3) is 5.59. The van der Waals surface area contributed by atoms with Crippen molar-refractivity contribution in [1.82, 2.24) is 4.90 Å². The minimum absolute atomic E-state index is 0.162. The van der Waals surface area contributed by atoms with Gasteiger partial charge in [-0.25, -0.2) is 0 Å². The lowest BCUT2D eigenvalue weighted by atomic mass is 10.2. The van der Waals surface area contributed by atoms with Crippen LogP contribution in [-0.4, -0.2) is 43.5 Å². The van der Waals surface area contributed by atoms with E-state index in [1.807, 2.05) is 47.4 Å². The van der Waals surface area contributed by atoms with Crippen LogP contribution in [-0.2, 0) is 11.3 Å². The van der Waals surface area contributed by atoms with Gasteiger partial charge in [-0.1, -0.05) is 59.6 Å². The van der Waals surface area contributed by atoms with Crippen molar-refractivity contribution in [2.45, 2.75) is 13.5 Å². The van der Waals surface area contributed by atoms with Gasteiger partial charge in [-0.05, 0) is 48.9 Å². The summed E-state index contributed by atoms with van der Waals surface area (Å²) in [5, 5.41) is 0.696. The fraction of sp³-hybridized carbons (Fsp3) is 0.269. The van der Waals surface area contributed by atoms with Gasteiger partial charge >= 0.3 is 0 Å². The van der Waals surface area contributed by atoms with Crippen molar-refractivity contribution in [3.05, 3.63) is 95.0 Å². The van der Waals surface area contributed by atoms with Gasteiger partial charge < -0.3 is 14.7 Å². The first-order valence-electron chi connectivity index (χ1n) is 10.7. The fourth-order valence-corrected chi connectivity index (χ4v) is 4.05. The molecule has 1 aliphatic rings. The van der Waals surface area contributed by atoms with Gasteiger partial charge in [0.2, 0.25) is 5.91 Å². The van der Waals surface area contributed by atoms with E-state index in [0.29, 0.717) is 18.1 Å². The molecule has 31 heavy (non-hydrogen) atoms. The number of halogens is 1. The molecule has 0 aromatic heterocycles. The van der Waals surface area contributed by atoms with Crippen molar-refractivity contribution < 1.29 is 4.79 Å². The minimum Gasteiger partial charge on any atom is -0.368 e. The van der Waals surface area contributed by atoms with E-state index in [-0.39, 0.29) is 5.91 Å². The molecular weight excluding hydrogens is 406 g/mol. The largest absolute Gasteiger partial charge is 0.368 e. The highest BCUT2D eigenvalue weighted by Crippen LogP contribution is 2.21. The fourth-order valence-electron chi connectivity index (χ4n) is 3.93. The highest BCUT2D eigenvalue weighted by molar-refractivity contribution is 6.30. The molecule has 160 valence electrons. The highest BCUT2D eigenvalue weighted by atomic mass is 35.5. The first kappa shape index (κ1) is 21.3. The summed E-state index contributed by atoms with van der Waals surface area (Å²) in [7, 11) is 0. The van der Waals surface area contributed by atoms with Crippen LogP contribution < -0.4 is 9.80 Å². The Bertz CT molecular complexity index is 981. The molecule has 4 rings (SSSR count). The zero-order valence-corrected chi connectivity index (χ0v) is 18.6. The maximum atomic E-state index is 13.2. The van der Waals surface area contributed by atoms with Crippen molar-refractivity contribution >= 4 is 28.9 Å². The van der Waals surface area contributed by atoms with Crippen LogP contribution >= 0.6 is 11.6 Å². The number of rotatable bonds is 6. The van der Waals surface area contributed by atoms with Crippen molar-refractivity contribution in [3.8, 4) is 0 Å². The Morgan fingerprint density at radius 1 is 0.871 bits per heavy atom. The average Bonchev–Trinajstić information content (AvgIpc) is 2.80. The summed E-state index contributed by atoms with van der Waals surface area (Å²) in [6.45, 7) is 6.32. The summed E-state index contributed by atoms with van der Waals surface area (Å²) in [6, 6.07) is 26.6. The summed E-state index contributed by atoms with van der Waals surface area (Å²) in [5.41, 5.74) is 4.66. The molecule has 0 saturated carbocycles. The molecule has 4 nitrogen and oxygen atoms in total. The van der Waals surface area contributed by atoms with E-state index in [9.17, 15) is 4.79 Å². The molecule has 1 saturated heterocycles. The number of benzene rings is 3. The number of hydrogen-bond acceptors (Lipinski definition) is 3. The van der Waals surface area contributed by atoms with Crippen molar-refractivity contribution in [2.24, 2.45) is 0 Å². The molecule has 0 radical (unpaired) electrons. The van der Waals surface area contributed by atoms with E-state index in [0.717, 1.165) is 31.9 Å². The van der Waals surface area contributed by atoms with Gasteiger partial charge in [-0.2, -0.15) is 0 Å². The Morgan fingerprint density at radius 3 is 2.16 bits per heavy atom. The van der Waals surface area contributed by atoms with Crippen LogP contribution in [0, 0.1) is 6.92 Å². The zero-order valence-electron chi connectivity index (χ0n) is 17.9. The Balaban J connectivity index is 1.41. The first-order valence-corrected chi connectivity index (χ1v) is 11.1. The van der Waals surface area contributed by atoms with E-state index in [1.54, 1.807) is 0 Å². The summed E-state index contributed by atoms with van der Waals surface area (Å²) in [5.74, 6) is 0.162. The molecule has 0 N–H and O–H groups in total. The van der Waals surface area contributed by atoms with Crippen LogP contribution in [0.4, 0.5) is 11.4 Å². The number of carbonyl (C=O) groups is 1. The molecule has 1 fully saturated rings. The van der Waals surface area contributed by atoms with Gasteiger partial charge in [0.1, 0.15) is 0 Å². The third-order valence-corrected chi connectivity index (χ3v) is 6.02. The molecule has 1 heterocycles. The zero-order chi connectivity index (χ0) is 21.6. The van der Waals surface area contributed by atoms with E-state index in [1.165, 1.54) is 16.8 Å². The van der Waals surface area contributed by atoms with Gasteiger partial charge in [0.05, 0.1) is 6.54 Å². The van der Waals surface area contributed by atoms with Crippen LogP contribution in [0.25, 0.3) is 0 Å². The Morgan fingerprint density at radius 2 is 1.52 bits per heavy atom. The van der Waals surface area contributed by atoms with Gasteiger partial charge in [-0.15, -0.1) is 0 Å². The molecule has 1 amide bonds. The molecule has 5 heteroatoms. The number of hydrogen-bond donors (Lipinski definition) is 0. The normalized spacial score (nSPS) is 13.9. The van der Waals surface area contributed by atoms with Crippen molar-refractivity contribution in [3.63, 3.8) is 0 Å². The molecule has 0 unspecified atom stereocenters. The number of nitrogens with zero attached hydrogens (tertiary/aromatic N) is 3. The van der Waals surface area contributed by atoms with E-state index < -0.39 is 0 Å². The Labute approximate surface area is 189 Å². The number of amides is 1. The number of aryl methyl sites for hydroxylation is 1. The summed E-state index contributed by atoms with van der Waals surface area (Å²) < 4.78 is 0. The van der Waals surface area contributed by atoms with Crippen LogP contribution in [0.15, 0.2) is 78.9 Å². The van der Waals surface area contributed by atoms with Gasteiger partial charge in [-0.3, -0.25) is 4.79 Å². The molecule has 0 atom stereocenters. The maximum absolute atomic E-state index is 13.2. The van der Waals surface area contributed by atoms with E-state index in [4.69, 9.17) is 11.6 Å². The number of anilines is 2. The van der Waals surface area contributed by atoms with Gasteiger partial charge in [0, 0.05) is 49.1 Å². The molecule has 3 aromatic rings. The number of carbonyl (C=O) groups excluding carboxylic acids is 1. The van der Waals surface area contributed by atoms with Crippen molar-refractivity contribution in [2.75, 3.05) is 42.5 Å². The SMILES string of the molecule is Cc1ccc(N2CCN(C(=O)CN(Cc3ccccc3)c3ccc(Cl)cc3)CC2)cc1. The average molecular weight is 434 g/mol. The lowest BCUT2D eigenvalue weighted by molar-refractivity contribution is -0.130. The van der Waals surface area contributed by atoms with Crippen LogP contribution in [0.3, 0.4) is 0 Å². The van der Waals surface area contributed by atoms with Crippen molar-refractivity contribution in [1.29, 1.82) is 0 Å². The molecule has 1 aliphatic heterocycles. The summed E-state index contributed by atoms with van der Waals surface area (Å²) in [4.78, 5) is 19.6. The minimum atomic E-state index is 0.162. The van der Waals surface area contributed by atoms with Crippen LogP contribution in [0.1, 0.15) is 11.1 Å². The second kappa shape index (κ2) is 9.88. The number of piperazine rings is 1. The van der Waals surface area contributed by atoms with E-state index in [2.05, 4.69) is 53.1 Å². The standard InChI is InChI=1S/C26H28ClN3O/c1-21-7-11-24(12-8-21)28-15-17-29(18-16-28)26(31)20-30(19-22-5-3-2-4-6-22)25-13-9-23(27)10-14-25/h2-14H,15-20H2,1H3. The quantitative estimate of drug-likeness (QED) is 0.547. The smallest absolute Gasteiger partial charge is 0.242 e. The summed E-state index contributed by atoms with van der Waals surface area (Å²) >= 11 is 6.08. The predicted molar refractivity (Wildman–Crippen MR) is 129 cm³/mol. The lowest BCUT2D eigenvalue weighted by Crippen LogP contribution is -2.51. The molecule has 0 spiro atoms. The van der Waals surface area contributed by atoms with Crippen LogP contribution in [0.5, 0.6) is 0 Å². The molecule has 0 aliphatic carbocycles. The van der Waals surface area contributed by atoms with E-state index >= 15 is 0 Å². The third-order valence-electron chi connectivity index (χ3n) is 5.77. The Hall–Kier alpha value is -2.98. The predicted octanol–water partition coefficient (Wildman–Crippen LogP) is 5.00. The first-order chi connectivity index (χ1) is 15.1. The van der Waals surface area contributed by atoms with Gasteiger partial charge in [0.25, 0.3) is 0 Å². The van der Waals surface area contributed by atoms with Crippen LogP contribution in [0.2, 0.25) is 5.02 Å². The molecule has 3 aromatic carbocycles. The molecule has 0 bridgehead atoms. The summed E-state index contributed by atoms with van der Waals surface area (Å²) in [6.07, 6.45) is 0. The highest BCUT2D eigenvalue weighted by Gasteiger charge is 2.23. The second-order valence-electron chi connectivity index (χ2n) is 8.02. The maximum Gasteiger partial charge on any atom is 0.242 e. The topological polar surface area (TPSA) is 26.8 Å². The van der Waals surface area contributed by atoms with Gasteiger partial charge in [0.15, 0.2) is 0 Å². The Kier molecular flexibility index (Phi) is 6.78.